The molecule has 0 aliphatic carbocycles. The van der Waals surface area contributed by atoms with Gasteiger partial charge in [0.15, 0.2) is 10.3 Å². The molecule has 5 nitrogen and oxygen atoms in total. The van der Waals surface area contributed by atoms with E-state index >= 15 is 0 Å². The number of amides is 1. The standard InChI is InChI=1S/C22H18N2O3S2/c1-2-26-16-10-8-15(9-11-16)23-22-24-21(25)19(29-22)14-17-12-13-20(27-17)28-18-6-4-3-5-7-18/h3-14H,2H2,1H3,(H,23,24,25)/b19-14-. The molecule has 0 radical (unpaired) electrons. The van der Waals surface area contributed by atoms with E-state index in [0.29, 0.717) is 22.4 Å². The average Bonchev–Trinajstić information content (AvgIpc) is 3.31. The van der Waals surface area contributed by atoms with Gasteiger partial charge in [-0.25, -0.2) is 4.99 Å². The zero-order valence-electron chi connectivity index (χ0n) is 15.6. The molecule has 0 saturated carbocycles. The van der Waals surface area contributed by atoms with Crippen molar-refractivity contribution in [2.24, 2.45) is 4.99 Å². The lowest BCUT2D eigenvalue weighted by atomic mass is 10.3. The second-order valence-corrected chi connectivity index (χ2v) is 8.09. The molecule has 0 bridgehead atoms. The maximum Gasteiger partial charge on any atom is 0.264 e. The molecule has 1 fully saturated rings. The van der Waals surface area contributed by atoms with Gasteiger partial charge in [-0.05, 0) is 67.2 Å². The van der Waals surface area contributed by atoms with E-state index < -0.39 is 0 Å². The van der Waals surface area contributed by atoms with Gasteiger partial charge in [-0.15, -0.1) is 0 Å². The maximum absolute atomic E-state index is 12.3. The molecule has 1 aromatic heterocycles. The number of nitrogens with zero attached hydrogens (tertiary/aromatic N) is 1. The number of ether oxygens (including phenoxy) is 1. The highest BCUT2D eigenvalue weighted by Gasteiger charge is 2.24. The highest BCUT2D eigenvalue weighted by atomic mass is 32.2. The second kappa shape index (κ2) is 9.07. The summed E-state index contributed by atoms with van der Waals surface area (Å²) in [5.41, 5.74) is 0.747. The first-order chi connectivity index (χ1) is 14.2. The first kappa shape index (κ1) is 19.4. The molecule has 1 aliphatic heterocycles. The lowest BCUT2D eigenvalue weighted by molar-refractivity contribution is -0.115. The van der Waals surface area contributed by atoms with Crippen molar-refractivity contribution >= 4 is 46.4 Å². The van der Waals surface area contributed by atoms with Crippen molar-refractivity contribution in [1.29, 1.82) is 0 Å². The molecule has 0 unspecified atom stereocenters. The van der Waals surface area contributed by atoms with Gasteiger partial charge in [0.25, 0.3) is 5.91 Å². The number of carbonyl (C=O) groups is 1. The molecule has 1 aliphatic rings. The summed E-state index contributed by atoms with van der Waals surface area (Å²) in [5, 5.41) is 4.10. The molecule has 29 heavy (non-hydrogen) atoms. The van der Waals surface area contributed by atoms with E-state index in [-0.39, 0.29) is 5.91 Å². The van der Waals surface area contributed by atoms with Crippen LogP contribution in [-0.2, 0) is 4.79 Å². The Morgan fingerprint density at radius 2 is 1.90 bits per heavy atom. The second-order valence-electron chi connectivity index (χ2n) is 5.98. The van der Waals surface area contributed by atoms with Gasteiger partial charge >= 0.3 is 0 Å². The van der Waals surface area contributed by atoms with E-state index in [9.17, 15) is 4.79 Å². The number of amidine groups is 1. The number of benzene rings is 2. The van der Waals surface area contributed by atoms with Crippen LogP contribution in [0.4, 0.5) is 5.69 Å². The molecule has 1 N–H and O–H groups in total. The normalized spacial score (nSPS) is 16.4. The number of nitrogens with one attached hydrogen (secondary N) is 1. The lowest BCUT2D eigenvalue weighted by Crippen LogP contribution is -2.19. The Kier molecular flexibility index (Phi) is 6.07. The van der Waals surface area contributed by atoms with Gasteiger partial charge in [-0.2, -0.15) is 0 Å². The molecular formula is C22H18N2O3S2. The number of aliphatic imine (C=N–C) groups is 1. The van der Waals surface area contributed by atoms with Gasteiger partial charge in [0, 0.05) is 11.0 Å². The molecule has 1 saturated heterocycles. The lowest BCUT2D eigenvalue weighted by Gasteiger charge is -2.02. The highest BCUT2D eigenvalue weighted by molar-refractivity contribution is 8.18. The van der Waals surface area contributed by atoms with E-state index in [1.165, 1.54) is 23.5 Å². The van der Waals surface area contributed by atoms with Crippen LogP contribution in [0.3, 0.4) is 0 Å². The third kappa shape index (κ3) is 5.13. The Morgan fingerprint density at radius 1 is 1.10 bits per heavy atom. The fraction of sp³-hybridized carbons (Fsp3) is 0.0909. The minimum Gasteiger partial charge on any atom is -0.494 e. The summed E-state index contributed by atoms with van der Waals surface area (Å²) in [6.45, 7) is 2.56. The predicted molar refractivity (Wildman–Crippen MR) is 118 cm³/mol. The van der Waals surface area contributed by atoms with Gasteiger partial charge in [0.05, 0.1) is 17.2 Å². The average molecular weight is 423 g/mol. The molecule has 0 atom stereocenters. The SMILES string of the molecule is CCOc1ccc(N=C2NC(=O)/C(=C/c3ccc(Sc4ccccc4)o3)S2)cc1. The van der Waals surface area contributed by atoms with Crippen molar-refractivity contribution in [1.82, 2.24) is 5.32 Å². The fourth-order valence-corrected chi connectivity index (χ4v) is 4.20. The Labute approximate surface area is 177 Å². The molecule has 4 rings (SSSR count). The van der Waals surface area contributed by atoms with Crippen molar-refractivity contribution in [2.45, 2.75) is 16.9 Å². The Hall–Kier alpha value is -2.90. The number of rotatable bonds is 6. The van der Waals surface area contributed by atoms with Crippen LogP contribution in [0.25, 0.3) is 6.08 Å². The van der Waals surface area contributed by atoms with Crippen LogP contribution >= 0.6 is 23.5 Å². The number of furan rings is 1. The van der Waals surface area contributed by atoms with Crippen molar-refractivity contribution in [3.63, 3.8) is 0 Å². The Bertz CT molecular complexity index is 1060. The number of hydrogen-bond donors (Lipinski definition) is 1. The minimum absolute atomic E-state index is 0.187. The van der Waals surface area contributed by atoms with Crippen LogP contribution in [0.2, 0.25) is 0 Å². The van der Waals surface area contributed by atoms with Gasteiger partial charge in [-0.1, -0.05) is 30.0 Å². The van der Waals surface area contributed by atoms with Crippen LogP contribution in [0.1, 0.15) is 12.7 Å². The first-order valence-corrected chi connectivity index (χ1v) is 10.7. The predicted octanol–water partition coefficient (Wildman–Crippen LogP) is 5.72. The van der Waals surface area contributed by atoms with E-state index in [1.54, 1.807) is 6.08 Å². The van der Waals surface area contributed by atoms with Gasteiger partial charge in [0.2, 0.25) is 0 Å². The summed E-state index contributed by atoms with van der Waals surface area (Å²) in [7, 11) is 0. The maximum atomic E-state index is 12.3. The molecule has 0 spiro atoms. The monoisotopic (exact) mass is 422 g/mol. The van der Waals surface area contributed by atoms with Crippen LogP contribution in [0.15, 0.2) is 91.0 Å². The highest BCUT2D eigenvalue weighted by Crippen LogP contribution is 2.32. The Morgan fingerprint density at radius 3 is 2.66 bits per heavy atom. The zero-order valence-corrected chi connectivity index (χ0v) is 17.3. The summed E-state index contributed by atoms with van der Waals surface area (Å²) in [6.07, 6.45) is 1.73. The summed E-state index contributed by atoms with van der Waals surface area (Å²) in [4.78, 5) is 18.4. The molecule has 7 heteroatoms. The molecule has 2 heterocycles. The summed E-state index contributed by atoms with van der Waals surface area (Å²) in [5.74, 6) is 1.24. The summed E-state index contributed by atoms with van der Waals surface area (Å²) in [6, 6.07) is 21.2. The largest absolute Gasteiger partial charge is 0.494 e. The number of carbonyl (C=O) groups excluding carboxylic acids is 1. The molecular weight excluding hydrogens is 404 g/mol. The van der Waals surface area contributed by atoms with Crippen LogP contribution in [-0.4, -0.2) is 17.7 Å². The summed E-state index contributed by atoms with van der Waals surface area (Å²) >= 11 is 2.83. The van der Waals surface area contributed by atoms with Crippen LogP contribution < -0.4 is 10.1 Å². The Balaban J connectivity index is 1.44. The van der Waals surface area contributed by atoms with E-state index in [2.05, 4.69) is 10.3 Å². The molecule has 1 amide bonds. The van der Waals surface area contributed by atoms with Crippen molar-refractivity contribution in [3.8, 4) is 5.75 Å². The molecule has 3 aromatic rings. The third-order valence-electron chi connectivity index (χ3n) is 3.87. The molecule has 146 valence electrons. The third-order valence-corrected chi connectivity index (χ3v) is 5.70. The minimum atomic E-state index is -0.187. The topological polar surface area (TPSA) is 63.8 Å². The van der Waals surface area contributed by atoms with Gasteiger partial charge < -0.3 is 14.5 Å². The first-order valence-electron chi connectivity index (χ1n) is 9.05. The quantitative estimate of drug-likeness (QED) is 0.515. The van der Waals surface area contributed by atoms with E-state index in [1.807, 2.05) is 73.7 Å². The fourth-order valence-electron chi connectivity index (χ4n) is 2.58. The van der Waals surface area contributed by atoms with Crippen LogP contribution in [0.5, 0.6) is 5.75 Å². The zero-order chi connectivity index (χ0) is 20.1. The number of hydrogen-bond acceptors (Lipinski definition) is 6. The van der Waals surface area contributed by atoms with E-state index in [0.717, 1.165) is 21.4 Å². The van der Waals surface area contributed by atoms with Crippen molar-refractivity contribution in [2.75, 3.05) is 6.61 Å². The van der Waals surface area contributed by atoms with Crippen LogP contribution in [0, 0.1) is 0 Å². The van der Waals surface area contributed by atoms with E-state index in [4.69, 9.17) is 9.15 Å². The number of thioether (sulfide) groups is 1. The van der Waals surface area contributed by atoms with Crippen molar-refractivity contribution in [3.05, 3.63) is 77.4 Å². The smallest absolute Gasteiger partial charge is 0.264 e. The molecule has 2 aromatic carbocycles. The van der Waals surface area contributed by atoms with Crippen molar-refractivity contribution < 1.29 is 13.9 Å². The summed E-state index contributed by atoms with van der Waals surface area (Å²) < 4.78 is 11.3. The van der Waals surface area contributed by atoms with Gasteiger partial charge in [-0.3, -0.25) is 4.79 Å². The van der Waals surface area contributed by atoms with Gasteiger partial charge in [0.1, 0.15) is 11.5 Å².